The Morgan fingerprint density at radius 3 is 2.32 bits per heavy atom. The highest BCUT2D eigenvalue weighted by atomic mass is 16.7. The van der Waals surface area contributed by atoms with Gasteiger partial charge in [-0.3, -0.25) is 4.79 Å². The molecule has 1 N–H and O–H groups in total. The second kappa shape index (κ2) is 7.95. The molecule has 0 aliphatic rings. The van der Waals surface area contributed by atoms with Crippen LogP contribution in [-0.2, 0) is 21.3 Å². The van der Waals surface area contributed by atoms with Crippen molar-refractivity contribution < 1.29 is 23.8 Å². The van der Waals surface area contributed by atoms with E-state index in [4.69, 9.17) is 14.2 Å². The molecule has 0 saturated carbocycles. The first-order chi connectivity index (χ1) is 10.4. The molecule has 22 heavy (non-hydrogen) atoms. The number of rotatable bonds is 7. The first-order valence-electron chi connectivity index (χ1n) is 7.05. The van der Waals surface area contributed by atoms with Crippen molar-refractivity contribution in [3.8, 4) is 0 Å². The van der Waals surface area contributed by atoms with Crippen molar-refractivity contribution in [2.75, 3.05) is 27.4 Å². The number of esters is 1. The molecule has 0 radical (unpaired) electrons. The number of nitrogens with one attached hydrogen (secondary N) is 1. The zero-order valence-electron chi connectivity index (χ0n) is 14.0. The minimum atomic E-state index is -0.516. The van der Waals surface area contributed by atoms with Crippen molar-refractivity contribution in [3.63, 3.8) is 0 Å². The molecule has 0 unspecified atom stereocenters. The average Bonchev–Trinajstić information content (AvgIpc) is 2.70. The number of aromatic nitrogens is 1. The van der Waals surface area contributed by atoms with Gasteiger partial charge in [-0.2, -0.15) is 0 Å². The quantitative estimate of drug-likeness (QED) is 0.604. The molecule has 0 aliphatic carbocycles. The summed E-state index contributed by atoms with van der Waals surface area (Å²) < 4.78 is 16.8. The minimum Gasteiger partial charge on any atom is -0.461 e. The molecule has 0 atom stereocenters. The lowest BCUT2D eigenvalue weighted by molar-refractivity contribution is -0.0974. The number of carbonyl (C=O) groups is 2. The van der Waals surface area contributed by atoms with Crippen LogP contribution in [0.2, 0.25) is 0 Å². The van der Waals surface area contributed by atoms with E-state index < -0.39 is 12.3 Å². The molecule has 1 amide bonds. The normalized spacial score (nSPS) is 10.9. The molecule has 0 spiro atoms. The Morgan fingerprint density at radius 2 is 1.82 bits per heavy atom. The predicted octanol–water partition coefficient (Wildman–Crippen LogP) is 1.17. The number of amides is 1. The largest absolute Gasteiger partial charge is 0.461 e. The van der Waals surface area contributed by atoms with E-state index in [0.717, 1.165) is 0 Å². The van der Waals surface area contributed by atoms with Crippen molar-refractivity contribution in [2.24, 2.45) is 7.05 Å². The van der Waals surface area contributed by atoms with Crippen LogP contribution in [0.3, 0.4) is 0 Å². The van der Waals surface area contributed by atoms with Gasteiger partial charge in [-0.15, -0.1) is 0 Å². The summed E-state index contributed by atoms with van der Waals surface area (Å²) in [7, 11) is 4.73. The maximum atomic E-state index is 12.4. The van der Waals surface area contributed by atoms with E-state index in [1.807, 2.05) is 0 Å². The summed E-state index contributed by atoms with van der Waals surface area (Å²) in [6.45, 7) is 5.76. The van der Waals surface area contributed by atoms with Crippen molar-refractivity contribution in [1.82, 2.24) is 9.88 Å². The number of hydrogen-bond acceptors (Lipinski definition) is 5. The van der Waals surface area contributed by atoms with Gasteiger partial charge in [0.2, 0.25) is 0 Å². The fourth-order valence-electron chi connectivity index (χ4n) is 2.33. The van der Waals surface area contributed by atoms with E-state index in [-0.39, 0.29) is 19.1 Å². The van der Waals surface area contributed by atoms with E-state index in [0.29, 0.717) is 22.5 Å². The molecule has 0 aromatic carbocycles. The second-order valence-corrected chi connectivity index (χ2v) is 4.82. The number of carbonyl (C=O) groups excluding carboxylic acids is 2. The molecule has 0 aliphatic heterocycles. The predicted molar refractivity (Wildman–Crippen MR) is 81.0 cm³/mol. The lowest BCUT2D eigenvalue weighted by Gasteiger charge is -2.14. The summed E-state index contributed by atoms with van der Waals surface area (Å²) in [5, 5.41) is 2.74. The third kappa shape index (κ3) is 3.66. The lowest BCUT2D eigenvalue weighted by atomic mass is 10.1. The third-order valence-electron chi connectivity index (χ3n) is 3.58. The van der Waals surface area contributed by atoms with Crippen LogP contribution in [0, 0.1) is 13.8 Å². The van der Waals surface area contributed by atoms with Crippen LogP contribution < -0.4 is 5.32 Å². The molecule has 1 aromatic rings. The molecule has 124 valence electrons. The highest BCUT2D eigenvalue weighted by molar-refractivity contribution is 6.01. The van der Waals surface area contributed by atoms with E-state index >= 15 is 0 Å². The van der Waals surface area contributed by atoms with Gasteiger partial charge in [0, 0.05) is 27.0 Å². The second-order valence-electron chi connectivity index (χ2n) is 4.82. The van der Waals surface area contributed by atoms with E-state index in [1.165, 1.54) is 14.2 Å². The molecule has 7 heteroatoms. The van der Waals surface area contributed by atoms with Crippen LogP contribution in [0.25, 0.3) is 0 Å². The average molecular weight is 312 g/mol. The topological polar surface area (TPSA) is 78.8 Å². The van der Waals surface area contributed by atoms with Crippen LogP contribution in [0.1, 0.15) is 39.0 Å². The summed E-state index contributed by atoms with van der Waals surface area (Å²) in [4.78, 5) is 24.4. The smallest absolute Gasteiger partial charge is 0.355 e. The summed E-state index contributed by atoms with van der Waals surface area (Å²) in [5.74, 6) is -0.712. The van der Waals surface area contributed by atoms with E-state index in [1.54, 1.807) is 32.4 Å². The first kappa shape index (κ1) is 18.2. The van der Waals surface area contributed by atoms with Crippen molar-refractivity contribution >= 4 is 11.9 Å². The molecule has 7 nitrogen and oxygen atoms in total. The van der Waals surface area contributed by atoms with Crippen LogP contribution >= 0.6 is 0 Å². The monoisotopic (exact) mass is 312 g/mol. The van der Waals surface area contributed by atoms with Crippen molar-refractivity contribution in [1.29, 1.82) is 0 Å². The fourth-order valence-corrected chi connectivity index (χ4v) is 2.33. The lowest BCUT2D eigenvalue weighted by Crippen LogP contribution is -2.34. The number of methoxy groups -OCH3 is 2. The van der Waals surface area contributed by atoms with Crippen LogP contribution in [-0.4, -0.2) is 50.1 Å². The molecule has 0 bridgehead atoms. The highest BCUT2D eigenvalue weighted by Gasteiger charge is 2.25. The SMILES string of the molecule is CCOC(=O)c1c(C)c(C(=O)NCC(OC)OC)c(C)n1C. The van der Waals surface area contributed by atoms with Crippen LogP contribution in [0.4, 0.5) is 0 Å². The zero-order chi connectivity index (χ0) is 16.9. The fraction of sp³-hybridized carbons (Fsp3) is 0.600. The minimum absolute atomic E-state index is 0.217. The van der Waals surface area contributed by atoms with Gasteiger partial charge in [0.1, 0.15) is 5.69 Å². The van der Waals surface area contributed by atoms with Gasteiger partial charge >= 0.3 is 5.97 Å². The molecular weight excluding hydrogens is 288 g/mol. The van der Waals surface area contributed by atoms with Gasteiger partial charge in [0.15, 0.2) is 6.29 Å². The summed E-state index contributed by atoms with van der Waals surface area (Å²) >= 11 is 0. The van der Waals surface area contributed by atoms with Gasteiger partial charge in [-0.25, -0.2) is 4.79 Å². The van der Waals surface area contributed by atoms with Gasteiger partial charge in [0.05, 0.1) is 18.7 Å². The molecule has 0 saturated heterocycles. The summed E-state index contributed by atoms with van der Waals surface area (Å²) in [6, 6.07) is 0. The van der Waals surface area contributed by atoms with Crippen LogP contribution in [0.5, 0.6) is 0 Å². The number of nitrogens with zero attached hydrogens (tertiary/aromatic N) is 1. The Labute approximate surface area is 130 Å². The first-order valence-corrected chi connectivity index (χ1v) is 7.05. The maximum absolute atomic E-state index is 12.4. The number of hydrogen-bond donors (Lipinski definition) is 1. The summed E-state index contributed by atoms with van der Waals surface area (Å²) in [5.41, 5.74) is 2.16. The van der Waals surface area contributed by atoms with E-state index in [2.05, 4.69) is 5.32 Å². The molecule has 1 rings (SSSR count). The van der Waals surface area contributed by atoms with Crippen molar-refractivity contribution in [2.45, 2.75) is 27.1 Å². The Bertz CT molecular complexity index is 547. The van der Waals surface area contributed by atoms with Crippen LogP contribution in [0.15, 0.2) is 0 Å². The van der Waals surface area contributed by atoms with E-state index in [9.17, 15) is 9.59 Å². The summed E-state index contributed by atoms with van der Waals surface area (Å²) in [6.07, 6.45) is -0.516. The molecule has 1 heterocycles. The molecule has 1 aromatic heterocycles. The molecule has 0 fully saturated rings. The van der Waals surface area contributed by atoms with Gasteiger partial charge < -0.3 is 24.1 Å². The molecular formula is C15H24N2O5. The zero-order valence-corrected chi connectivity index (χ0v) is 14.0. The van der Waals surface area contributed by atoms with Gasteiger partial charge in [-0.05, 0) is 26.3 Å². The maximum Gasteiger partial charge on any atom is 0.355 e. The standard InChI is InChI=1S/C15H24N2O5/c1-7-22-15(19)13-9(2)12(10(3)17(13)4)14(18)16-8-11(20-5)21-6/h11H,7-8H2,1-6H3,(H,16,18). The third-order valence-corrected chi connectivity index (χ3v) is 3.58. The van der Waals surface area contributed by atoms with Crippen molar-refractivity contribution in [3.05, 3.63) is 22.5 Å². The van der Waals surface area contributed by atoms with Gasteiger partial charge in [-0.1, -0.05) is 0 Å². The Hall–Kier alpha value is -1.86. The number of ether oxygens (including phenoxy) is 3. The van der Waals surface area contributed by atoms with Gasteiger partial charge in [0.25, 0.3) is 5.91 Å². The Morgan fingerprint density at radius 1 is 1.23 bits per heavy atom. The Balaban J connectivity index is 3.03. The Kier molecular flexibility index (Phi) is 6.58. The highest BCUT2D eigenvalue weighted by Crippen LogP contribution is 2.22.